The molecule has 2 atom stereocenters. The van der Waals surface area contributed by atoms with E-state index in [-0.39, 0.29) is 17.1 Å². The van der Waals surface area contributed by atoms with Crippen LogP contribution in [0.4, 0.5) is 5.82 Å². The first-order valence-electron chi connectivity index (χ1n) is 10.3. The zero-order valence-corrected chi connectivity index (χ0v) is 17.5. The largest absolute Gasteiger partial charge is 0.497 e. The van der Waals surface area contributed by atoms with Crippen LogP contribution >= 0.6 is 0 Å². The van der Waals surface area contributed by atoms with Crippen LogP contribution in [-0.2, 0) is 16.0 Å². The fraction of sp³-hybridized carbons (Fsp3) is 0.522. The van der Waals surface area contributed by atoms with Gasteiger partial charge in [0.2, 0.25) is 5.91 Å². The highest BCUT2D eigenvalue weighted by Crippen LogP contribution is 2.70. The molecular weight excluding hydrogens is 366 g/mol. The van der Waals surface area contributed by atoms with Crippen LogP contribution in [0.15, 0.2) is 24.3 Å². The van der Waals surface area contributed by atoms with Gasteiger partial charge >= 0.3 is 0 Å². The van der Waals surface area contributed by atoms with Gasteiger partial charge in [-0.25, -0.2) is 4.98 Å². The third-order valence-electron chi connectivity index (χ3n) is 8.32. The highest BCUT2D eigenvalue weighted by atomic mass is 16.5. The lowest BCUT2D eigenvalue weighted by molar-refractivity contribution is -0.136. The molecule has 1 N–H and O–H groups in total. The van der Waals surface area contributed by atoms with Gasteiger partial charge in [0.05, 0.1) is 18.0 Å². The van der Waals surface area contributed by atoms with Gasteiger partial charge in [0, 0.05) is 29.8 Å². The number of carbonyl (C=O) groups excluding carboxylic acids is 2. The Morgan fingerprint density at radius 2 is 2.00 bits per heavy atom. The maximum atomic E-state index is 13.5. The molecule has 0 spiro atoms. The maximum absolute atomic E-state index is 13.5. The smallest absolute Gasteiger partial charge is 0.245 e. The zero-order chi connectivity index (χ0) is 20.6. The molecule has 2 aliphatic carbocycles. The minimum Gasteiger partial charge on any atom is -0.497 e. The van der Waals surface area contributed by atoms with E-state index in [0.29, 0.717) is 13.0 Å². The minimum absolute atomic E-state index is 0.0440. The Labute approximate surface area is 170 Å². The second-order valence-electron chi connectivity index (χ2n) is 9.51. The van der Waals surface area contributed by atoms with Crippen molar-refractivity contribution in [1.82, 2.24) is 10.4 Å². The fourth-order valence-corrected chi connectivity index (χ4v) is 5.76. The van der Waals surface area contributed by atoms with Crippen molar-refractivity contribution >= 4 is 28.4 Å². The third kappa shape index (κ3) is 2.20. The Morgan fingerprint density at radius 3 is 2.66 bits per heavy atom. The van der Waals surface area contributed by atoms with Gasteiger partial charge in [-0.15, -0.1) is 0 Å². The summed E-state index contributed by atoms with van der Waals surface area (Å²) in [7, 11) is 1.64. The first-order valence-corrected chi connectivity index (χ1v) is 10.3. The predicted octanol–water partition coefficient (Wildman–Crippen LogP) is 3.42. The van der Waals surface area contributed by atoms with Gasteiger partial charge in [-0.05, 0) is 48.4 Å². The first-order chi connectivity index (χ1) is 13.7. The second kappa shape index (κ2) is 5.71. The van der Waals surface area contributed by atoms with Crippen molar-refractivity contribution in [3.8, 4) is 5.75 Å². The number of nitrogens with zero attached hydrogens (tertiary/aromatic N) is 2. The summed E-state index contributed by atoms with van der Waals surface area (Å²) in [6, 6.07) is 7.99. The van der Waals surface area contributed by atoms with E-state index in [1.807, 2.05) is 30.1 Å². The molecule has 2 aromatic rings. The number of carbonyl (C=O) groups is 2. The number of fused-ring (bicyclic) bond motifs is 4. The Hall–Kier alpha value is -2.63. The molecule has 2 bridgehead atoms. The number of hydrazine groups is 1. The van der Waals surface area contributed by atoms with Crippen molar-refractivity contribution < 1.29 is 14.3 Å². The lowest BCUT2D eigenvalue weighted by atomic mass is 9.64. The van der Waals surface area contributed by atoms with Crippen LogP contribution in [0.3, 0.4) is 0 Å². The van der Waals surface area contributed by atoms with Gasteiger partial charge in [0.25, 0.3) is 0 Å². The van der Waals surface area contributed by atoms with Gasteiger partial charge in [-0.1, -0.05) is 20.8 Å². The monoisotopic (exact) mass is 393 g/mol. The predicted molar refractivity (Wildman–Crippen MR) is 111 cm³/mol. The molecule has 0 saturated heterocycles. The molecule has 152 valence electrons. The minimum atomic E-state index is -0.637. The Balaban J connectivity index is 1.47. The number of anilines is 1. The number of methoxy groups -OCH3 is 1. The third-order valence-corrected chi connectivity index (χ3v) is 8.32. The second-order valence-corrected chi connectivity index (χ2v) is 9.51. The quantitative estimate of drug-likeness (QED) is 0.865. The van der Waals surface area contributed by atoms with Gasteiger partial charge in [0.15, 0.2) is 5.82 Å². The van der Waals surface area contributed by atoms with E-state index in [9.17, 15) is 9.59 Å². The highest BCUT2D eigenvalue weighted by Gasteiger charge is 2.72. The molecule has 29 heavy (non-hydrogen) atoms. The van der Waals surface area contributed by atoms with Crippen molar-refractivity contribution in [1.29, 1.82) is 0 Å². The molecule has 6 nitrogen and oxygen atoms in total. The number of hydrogen-bond acceptors (Lipinski definition) is 5. The molecule has 3 aliphatic rings. The number of nitrogens with one attached hydrogen (secondary N) is 1. The molecule has 1 aromatic carbocycles. The summed E-state index contributed by atoms with van der Waals surface area (Å²) in [5, 5.41) is 2.92. The number of ether oxygens (including phenoxy) is 1. The average Bonchev–Trinajstić information content (AvgIpc) is 3.22. The van der Waals surface area contributed by atoms with Gasteiger partial charge in [0.1, 0.15) is 11.5 Å². The summed E-state index contributed by atoms with van der Waals surface area (Å²) in [5.74, 6) is 1.73. The number of ketones is 1. The topological polar surface area (TPSA) is 71.5 Å². The Kier molecular flexibility index (Phi) is 3.62. The van der Waals surface area contributed by atoms with Crippen LogP contribution in [0, 0.1) is 16.2 Å². The van der Waals surface area contributed by atoms with E-state index >= 15 is 0 Å². The molecule has 2 unspecified atom stereocenters. The molecular formula is C23H27N3O3. The maximum Gasteiger partial charge on any atom is 0.245 e. The molecule has 2 fully saturated rings. The van der Waals surface area contributed by atoms with Gasteiger partial charge in [-0.2, -0.15) is 0 Å². The van der Waals surface area contributed by atoms with E-state index in [2.05, 4.69) is 25.3 Å². The van der Waals surface area contributed by atoms with Crippen LogP contribution in [0.25, 0.3) is 10.9 Å². The highest BCUT2D eigenvalue weighted by molar-refractivity contribution is 6.00. The lowest BCUT2D eigenvalue weighted by Crippen LogP contribution is -2.52. The van der Waals surface area contributed by atoms with Crippen molar-refractivity contribution in [2.75, 3.05) is 18.7 Å². The van der Waals surface area contributed by atoms with E-state index in [0.717, 1.165) is 47.3 Å². The number of aromatic nitrogens is 1. The molecule has 1 aromatic heterocycles. The number of benzene rings is 1. The zero-order valence-electron chi connectivity index (χ0n) is 17.5. The SMILES string of the molecule is COc1ccc2cc3c(nc2c1)N(NC(=O)C12CCC(C)(C(=O)C1)C2(C)C)CC3. The molecule has 6 heteroatoms. The summed E-state index contributed by atoms with van der Waals surface area (Å²) >= 11 is 0. The van der Waals surface area contributed by atoms with E-state index in [4.69, 9.17) is 9.72 Å². The van der Waals surface area contributed by atoms with Crippen molar-refractivity contribution in [3.63, 3.8) is 0 Å². The molecule has 2 saturated carbocycles. The summed E-state index contributed by atoms with van der Waals surface area (Å²) < 4.78 is 5.32. The summed E-state index contributed by atoms with van der Waals surface area (Å²) in [6.07, 6.45) is 2.71. The van der Waals surface area contributed by atoms with Crippen LogP contribution in [0.2, 0.25) is 0 Å². The lowest BCUT2D eigenvalue weighted by Gasteiger charge is -2.39. The normalized spacial score (nSPS) is 29.4. The average molecular weight is 393 g/mol. The van der Waals surface area contributed by atoms with Crippen molar-refractivity contribution in [2.45, 2.75) is 46.5 Å². The first kappa shape index (κ1) is 18.4. The van der Waals surface area contributed by atoms with Gasteiger partial charge in [-0.3, -0.25) is 20.0 Å². The van der Waals surface area contributed by atoms with Crippen molar-refractivity contribution in [2.24, 2.45) is 16.2 Å². The summed E-state index contributed by atoms with van der Waals surface area (Å²) in [6.45, 7) is 6.88. The fourth-order valence-electron chi connectivity index (χ4n) is 5.76. The van der Waals surface area contributed by atoms with Crippen molar-refractivity contribution in [3.05, 3.63) is 29.8 Å². The number of amides is 1. The molecule has 0 radical (unpaired) electrons. The molecule has 5 rings (SSSR count). The molecule has 1 aliphatic heterocycles. The Morgan fingerprint density at radius 1 is 1.21 bits per heavy atom. The number of hydrogen-bond donors (Lipinski definition) is 1. The van der Waals surface area contributed by atoms with Crippen LogP contribution in [-0.4, -0.2) is 30.3 Å². The van der Waals surface area contributed by atoms with Crippen LogP contribution in [0.5, 0.6) is 5.75 Å². The van der Waals surface area contributed by atoms with Crippen LogP contribution < -0.4 is 15.2 Å². The van der Waals surface area contributed by atoms with E-state index in [1.165, 1.54) is 0 Å². The standard InChI is InChI=1S/C23H27N3O3/c1-21(2)22(3)8-9-23(21,13-18(22)27)20(28)25-26-10-7-15-11-14-5-6-16(29-4)12-17(14)24-19(15)26/h5-6,11-12H,7-10,13H2,1-4H3,(H,25,28). The number of Topliss-reactive ketones (excluding diaryl/α,β-unsaturated/α-hetero) is 1. The summed E-state index contributed by atoms with van der Waals surface area (Å²) in [4.78, 5) is 31.0. The molecule has 2 heterocycles. The number of rotatable bonds is 3. The number of pyridine rings is 1. The Bertz CT molecular complexity index is 1060. The van der Waals surface area contributed by atoms with E-state index < -0.39 is 10.8 Å². The summed E-state index contributed by atoms with van der Waals surface area (Å²) in [5.41, 5.74) is 3.70. The van der Waals surface area contributed by atoms with Crippen LogP contribution in [0.1, 0.15) is 45.6 Å². The van der Waals surface area contributed by atoms with E-state index in [1.54, 1.807) is 7.11 Å². The molecule has 1 amide bonds. The van der Waals surface area contributed by atoms with Gasteiger partial charge < -0.3 is 4.74 Å².